The first-order valence-electron chi connectivity index (χ1n) is 9.82. The number of carbonyl (C=O) groups excluding carboxylic acids is 2. The van der Waals surface area contributed by atoms with Gasteiger partial charge in [-0.15, -0.1) is 24.0 Å². The van der Waals surface area contributed by atoms with E-state index in [0.717, 1.165) is 6.42 Å². The number of nitrogens with one attached hydrogen (secondary N) is 2. The van der Waals surface area contributed by atoms with Crippen molar-refractivity contribution in [2.45, 2.75) is 31.9 Å². The number of likely N-dealkylation sites (tertiary alicyclic amines) is 1. The highest BCUT2D eigenvalue weighted by molar-refractivity contribution is 14.0. The maximum absolute atomic E-state index is 12.7. The van der Waals surface area contributed by atoms with E-state index in [2.05, 4.69) is 27.8 Å². The zero-order valence-corrected chi connectivity index (χ0v) is 20.5. The Morgan fingerprint density at radius 3 is 2.21 bits per heavy atom. The topological polar surface area (TPSA) is 108 Å². The molecular weight excluding hydrogens is 507 g/mol. The van der Waals surface area contributed by atoms with Crippen LogP contribution in [0.3, 0.4) is 0 Å². The van der Waals surface area contributed by atoms with Crippen molar-refractivity contribution < 1.29 is 18.0 Å². The van der Waals surface area contributed by atoms with Crippen LogP contribution >= 0.6 is 24.0 Å². The van der Waals surface area contributed by atoms with Crippen molar-refractivity contribution in [3.05, 3.63) is 12.2 Å². The SMILES string of the molecule is CCNC(=NCC(C)(C)S(C)(=O)=O)NCCN1C(=O)C2C3C=CC(C3)C2C1=O.I. The molecule has 0 radical (unpaired) electrons. The van der Waals surface area contributed by atoms with Crippen LogP contribution in [-0.4, -0.2) is 68.3 Å². The summed E-state index contributed by atoms with van der Waals surface area (Å²) in [5, 5.41) is 6.16. The summed E-state index contributed by atoms with van der Waals surface area (Å²) in [4.78, 5) is 31.1. The molecule has 1 saturated carbocycles. The Balaban J connectivity index is 0.00000300. The maximum atomic E-state index is 12.7. The van der Waals surface area contributed by atoms with E-state index in [1.54, 1.807) is 13.8 Å². The average molecular weight is 538 g/mol. The molecule has 0 aromatic rings. The van der Waals surface area contributed by atoms with Crippen LogP contribution in [0.2, 0.25) is 0 Å². The molecule has 4 atom stereocenters. The fraction of sp³-hybridized carbons (Fsp3) is 0.737. The van der Waals surface area contributed by atoms with Gasteiger partial charge in [-0.25, -0.2) is 8.42 Å². The van der Waals surface area contributed by atoms with Crippen molar-refractivity contribution in [3.8, 4) is 0 Å². The van der Waals surface area contributed by atoms with Crippen LogP contribution in [0.25, 0.3) is 0 Å². The number of nitrogens with zero attached hydrogens (tertiary/aromatic N) is 2. The molecule has 1 aliphatic heterocycles. The molecule has 4 unspecified atom stereocenters. The Bertz CT molecular complexity index is 794. The van der Waals surface area contributed by atoms with E-state index in [1.807, 2.05) is 6.92 Å². The molecule has 2 bridgehead atoms. The number of amides is 2. The van der Waals surface area contributed by atoms with Gasteiger partial charge in [0.05, 0.1) is 23.1 Å². The van der Waals surface area contributed by atoms with Gasteiger partial charge in [-0.2, -0.15) is 0 Å². The number of aliphatic imine (C=N–C) groups is 1. The lowest BCUT2D eigenvalue weighted by Crippen LogP contribution is -2.44. The van der Waals surface area contributed by atoms with Gasteiger partial charge in [0.25, 0.3) is 0 Å². The molecule has 1 heterocycles. The van der Waals surface area contributed by atoms with Gasteiger partial charge in [0.1, 0.15) is 0 Å². The second-order valence-corrected chi connectivity index (χ2v) is 11.1. The summed E-state index contributed by atoms with van der Waals surface area (Å²) in [5.41, 5.74) is 0. The van der Waals surface area contributed by atoms with E-state index in [1.165, 1.54) is 11.2 Å². The lowest BCUT2D eigenvalue weighted by atomic mass is 9.85. The Kier molecular flexibility index (Phi) is 7.40. The van der Waals surface area contributed by atoms with Gasteiger partial charge in [-0.3, -0.25) is 19.5 Å². The predicted molar refractivity (Wildman–Crippen MR) is 123 cm³/mol. The monoisotopic (exact) mass is 538 g/mol. The highest BCUT2D eigenvalue weighted by Gasteiger charge is 2.58. The average Bonchev–Trinajstić information content (AvgIpc) is 3.28. The Hall–Kier alpha value is -1.17. The van der Waals surface area contributed by atoms with Gasteiger partial charge in [-0.05, 0) is 39.0 Å². The van der Waals surface area contributed by atoms with Crippen LogP contribution in [0.15, 0.2) is 17.1 Å². The van der Waals surface area contributed by atoms with Crippen molar-refractivity contribution in [1.29, 1.82) is 0 Å². The van der Waals surface area contributed by atoms with Crippen LogP contribution in [0.4, 0.5) is 0 Å². The largest absolute Gasteiger partial charge is 0.357 e. The summed E-state index contributed by atoms with van der Waals surface area (Å²) < 4.78 is 22.7. The molecular formula is C19H31IN4O4S. The molecule has 2 aliphatic carbocycles. The van der Waals surface area contributed by atoms with E-state index in [9.17, 15) is 18.0 Å². The second-order valence-electron chi connectivity index (χ2n) is 8.48. The third-order valence-corrected chi connectivity index (χ3v) is 8.29. The normalized spacial score (nSPS) is 28.6. The quantitative estimate of drug-likeness (QED) is 0.163. The molecule has 0 aromatic carbocycles. The molecule has 3 rings (SSSR count). The Morgan fingerprint density at radius 1 is 1.17 bits per heavy atom. The van der Waals surface area contributed by atoms with Crippen LogP contribution in [0.1, 0.15) is 27.2 Å². The van der Waals surface area contributed by atoms with Crippen molar-refractivity contribution >= 4 is 51.6 Å². The highest BCUT2D eigenvalue weighted by Crippen LogP contribution is 2.52. The number of allylic oxidation sites excluding steroid dienone is 2. The number of hydrogen-bond donors (Lipinski definition) is 2. The summed E-state index contributed by atoms with van der Waals surface area (Å²) in [5.74, 6) is 0.408. The standard InChI is InChI=1S/C19H30N4O4S.HI/c1-5-20-18(22-11-19(2,3)28(4,26)27)21-8-9-23-16(24)14-12-6-7-13(10-12)15(14)17(23)25;/h6-7,12-15H,5,8-11H2,1-4H3,(H2,20,21,22);1H. The third-order valence-electron chi connectivity index (χ3n) is 6.16. The minimum atomic E-state index is -3.24. The lowest BCUT2D eigenvalue weighted by molar-refractivity contribution is -0.140. The van der Waals surface area contributed by atoms with Crippen molar-refractivity contribution in [2.75, 3.05) is 32.4 Å². The zero-order chi connectivity index (χ0) is 20.7. The number of halogens is 1. The molecule has 3 aliphatic rings. The van der Waals surface area contributed by atoms with E-state index in [0.29, 0.717) is 19.0 Å². The number of hydrogen-bond acceptors (Lipinski definition) is 5. The molecule has 164 valence electrons. The molecule has 10 heteroatoms. The van der Waals surface area contributed by atoms with E-state index < -0.39 is 14.6 Å². The van der Waals surface area contributed by atoms with Gasteiger partial charge in [0, 0.05) is 25.9 Å². The number of rotatable bonds is 7. The second kappa shape index (κ2) is 8.91. The van der Waals surface area contributed by atoms with E-state index in [-0.39, 0.29) is 72.6 Å². The molecule has 1 saturated heterocycles. The predicted octanol–water partition coefficient (Wildman–Crippen LogP) is 0.790. The van der Waals surface area contributed by atoms with E-state index >= 15 is 0 Å². The molecule has 2 N–H and O–H groups in total. The maximum Gasteiger partial charge on any atom is 0.233 e. The van der Waals surface area contributed by atoms with Gasteiger partial charge in [0.15, 0.2) is 15.8 Å². The molecule has 0 aromatic heterocycles. The van der Waals surface area contributed by atoms with Gasteiger partial charge in [-0.1, -0.05) is 12.2 Å². The minimum absolute atomic E-state index is 0. The highest BCUT2D eigenvalue weighted by atomic mass is 127. The van der Waals surface area contributed by atoms with Gasteiger partial charge in [0.2, 0.25) is 11.8 Å². The summed E-state index contributed by atoms with van der Waals surface area (Å²) in [6, 6.07) is 0. The molecule has 2 amide bonds. The van der Waals surface area contributed by atoms with Gasteiger partial charge < -0.3 is 10.6 Å². The first-order chi connectivity index (χ1) is 13.1. The van der Waals surface area contributed by atoms with E-state index in [4.69, 9.17) is 0 Å². The lowest BCUT2D eigenvalue weighted by Gasteiger charge is -2.22. The first kappa shape index (κ1) is 24.1. The third kappa shape index (κ3) is 4.62. The first-order valence-corrected chi connectivity index (χ1v) is 11.7. The summed E-state index contributed by atoms with van der Waals surface area (Å²) >= 11 is 0. The summed E-state index contributed by atoms with van der Waals surface area (Å²) in [6.45, 7) is 6.56. The fourth-order valence-corrected chi connectivity index (χ4v) is 4.50. The fourth-order valence-electron chi connectivity index (χ4n) is 4.20. The Morgan fingerprint density at radius 2 is 1.72 bits per heavy atom. The van der Waals surface area contributed by atoms with Crippen LogP contribution in [0.5, 0.6) is 0 Å². The molecule has 29 heavy (non-hydrogen) atoms. The smallest absolute Gasteiger partial charge is 0.233 e. The summed E-state index contributed by atoms with van der Waals surface area (Å²) in [7, 11) is -3.24. The number of imide groups is 1. The van der Waals surface area contributed by atoms with Crippen LogP contribution in [-0.2, 0) is 19.4 Å². The minimum Gasteiger partial charge on any atom is -0.357 e. The van der Waals surface area contributed by atoms with Crippen molar-refractivity contribution in [3.63, 3.8) is 0 Å². The van der Waals surface area contributed by atoms with Crippen LogP contribution < -0.4 is 10.6 Å². The van der Waals surface area contributed by atoms with Gasteiger partial charge >= 0.3 is 0 Å². The number of fused-ring (bicyclic) bond motifs is 5. The zero-order valence-electron chi connectivity index (χ0n) is 17.3. The summed E-state index contributed by atoms with van der Waals surface area (Å²) in [6.07, 6.45) is 6.29. The van der Waals surface area contributed by atoms with Crippen molar-refractivity contribution in [1.82, 2.24) is 15.5 Å². The number of carbonyl (C=O) groups is 2. The molecule has 0 spiro atoms. The van der Waals surface area contributed by atoms with Crippen LogP contribution in [0, 0.1) is 23.7 Å². The molecule has 2 fully saturated rings. The number of sulfone groups is 1. The van der Waals surface area contributed by atoms with Crippen molar-refractivity contribution in [2.24, 2.45) is 28.7 Å². The Labute approximate surface area is 189 Å². The number of guanidine groups is 1. The molecule has 8 nitrogen and oxygen atoms in total.